The molecule has 0 aromatic carbocycles. The van der Waals surface area contributed by atoms with Crippen molar-refractivity contribution in [1.29, 1.82) is 0 Å². The number of hydrogen-bond donors (Lipinski definition) is 8. The molecule has 172 valence electrons. The summed E-state index contributed by atoms with van der Waals surface area (Å²) in [5, 5.41) is 35.1. The number of rotatable bonds is 9. The first-order valence-corrected chi connectivity index (χ1v) is 12.0. The van der Waals surface area contributed by atoms with Crippen LogP contribution in [0.3, 0.4) is 0 Å². The fraction of sp³-hybridized carbons (Fsp3) is 0.556. The van der Waals surface area contributed by atoms with Gasteiger partial charge in [-0.3, -0.25) is 19.4 Å². The standard InChI is InChI=1S/C9H18N5O13P3/c10-9-13-7-5(8(17)14-9)12-3(1-11-7)6(16)4(15)2-25-29(21,22)27-30(23,24)26-28(18,19)20/h4,6,8,11,15-17H,1-2H2,(H,21,22)(H,23,24)(H3,10,13,14)(H2,18,19,20)/p-2. The molecule has 0 saturated carbocycles. The molecule has 2 aliphatic heterocycles. The molecule has 6 atom stereocenters. The molecular weight excluding hydrogens is 479 g/mol. The second kappa shape index (κ2) is 9.10. The van der Waals surface area contributed by atoms with Crippen molar-refractivity contribution in [2.24, 2.45) is 10.7 Å². The van der Waals surface area contributed by atoms with Gasteiger partial charge in [-0.05, 0) is 0 Å². The lowest BCUT2D eigenvalue weighted by atomic mass is 10.1. The predicted octanol–water partition coefficient (Wildman–Crippen LogP) is -7.31. The van der Waals surface area contributed by atoms with Crippen LogP contribution in [0.2, 0.25) is 0 Å². The van der Waals surface area contributed by atoms with Crippen LogP contribution < -0.4 is 36.0 Å². The molecule has 0 aromatic heterocycles. The van der Waals surface area contributed by atoms with Crippen molar-refractivity contribution in [1.82, 2.24) is 10.6 Å². The van der Waals surface area contributed by atoms with Gasteiger partial charge in [0.2, 0.25) is 6.23 Å². The lowest BCUT2D eigenvalue weighted by Gasteiger charge is -2.33. The van der Waals surface area contributed by atoms with E-state index in [0.29, 0.717) is 0 Å². The molecule has 21 heteroatoms. The third-order valence-corrected chi connectivity index (χ3v) is 6.98. The summed E-state index contributed by atoms with van der Waals surface area (Å²) in [4.78, 5) is 47.5. The zero-order valence-corrected chi connectivity index (χ0v) is 17.2. The molecule has 6 unspecified atom stereocenters. The minimum atomic E-state index is -6.09. The van der Waals surface area contributed by atoms with Crippen LogP contribution in [0.15, 0.2) is 16.5 Å². The number of aliphatic hydroxyl groups excluding tert-OH is 3. The van der Waals surface area contributed by atoms with Gasteiger partial charge in [0, 0.05) is 0 Å². The largest absolute Gasteiger partial charge is 0.756 e. The van der Waals surface area contributed by atoms with Gasteiger partial charge in [-0.25, -0.2) is 23.9 Å². The molecule has 0 amide bonds. The molecule has 2 heterocycles. The Balaban J connectivity index is 1.98. The highest BCUT2D eigenvalue weighted by Crippen LogP contribution is 2.61. The van der Waals surface area contributed by atoms with Crippen molar-refractivity contribution >= 4 is 35.1 Å². The zero-order chi connectivity index (χ0) is 22.9. The Morgan fingerprint density at radius 3 is 2.47 bits per heavy atom. The summed E-state index contributed by atoms with van der Waals surface area (Å²) >= 11 is 0. The molecule has 18 nitrogen and oxygen atoms in total. The summed E-state index contributed by atoms with van der Waals surface area (Å²) in [7, 11) is -17.8. The van der Waals surface area contributed by atoms with E-state index in [4.69, 9.17) is 10.6 Å². The van der Waals surface area contributed by atoms with E-state index in [9.17, 15) is 43.7 Å². The van der Waals surface area contributed by atoms with Crippen LogP contribution in [-0.4, -0.2) is 63.5 Å². The number of aliphatic hydroxyl groups is 3. The zero-order valence-electron chi connectivity index (χ0n) is 14.5. The van der Waals surface area contributed by atoms with Crippen molar-refractivity contribution in [3.05, 3.63) is 11.5 Å². The molecule has 0 fully saturated rings. The first kappa shape index (κ1) is 25.0. The first-order chi connectivity index (χ1) is 13.6. The maximum absolute atomic E-state index is 11.4. The van der Waals surface area contributed by atoms with E-state index in [1.165, 1.54) is 0 Å². The molecule has 0 bridgehead atoms. The van der Waals surface area contributed by atoms with Crippen molar-refractivity contribution in [3.8, 4) is 0 Å². The van der Waals surface area contributed by atoms with Gasteiger partial charge in [-0.2, -0.15) is 0 Å². The third-order valence-electron chi connectivity index (χ3n) is 3.29. The van der Waals surface area contributed by atoms with Crippen LogP contribution in [0, 0.1) is 0 Å². The van der Waals surface area contributed by atoms with Crippen molar-refractivity contribution < 1.29 is 66.7 Å². The van der Waals surface area contributed by atoms with Gasteiger partial charge >= 0.3 is 5.96 Å². The maximum atomic E-state index is 11.4. The van der Waals surface area contributed by atoms with Crippen LogP contribution in [0.25, 0.3) is 0 Å². The van der Waals surface area contributed by atoms with E-state index in [0.717, 1.165) is 0 Å². The van der Waals surface area contributed by atoms with Gasteiger partial charge in [0.1, 0.15) is 12.2 Å². The average Bonchev–Trinajstić information content (AvgIpc) is 2.55. The molecular formula is C9H16N5O13P3-2. The van der Waals surface area contributed by atoms with Crippen LogP contribution in [0.4, 0.5) is 0 Å². The summed E-state index contributed by atoms with van der Waals surface area (Å²) in [5.41, 5.74) is 5.27. The van der Waals surface area contributed by atoms with Gasteiger partial charge in [-0.15, -0.1) is 0 Å². The van der Waals surface area contributed by atoms with E-state index in [1.807, 2.05) is 0 Å². The summed E-state index contributed by atoms with van der Waals surface area (Å²) < 4.78 is 43.4. The van der Waals surface area contributed by atoms with Gasteiger partial charge in [0.15, 0.2) is 11.5 Å². The second-order valence-corrected chi connectivity index (χ2v) is 9.93. The Morgan fingerprint density at radius 2 is 1.87 bits per heavy atom. The number of nitrogens with zero attached hydrogens (tertiary/aromatic N) is 1. The molecule has 0 radical (unpaired) electrons. The molecule has 30 heavy (non-hydrogen) atoms. The molecule has 0 aliphatic carbocycles. The fourth-order valence-electron chi connectivity index (χ4n) is 2.15. The number of phosphoric acid groups is 3. The van der Waals surface area contributed by atoms with Crippen LogP contribution in [-0.2, 0) is 26.8 Å². The highest BCUT2D eigenvalue weighted by molar-refractivity contribution is 7.65. The highest BCUT2D eigenvalue weighted by Gasteiger charge is 2.33. The topological polar surface area (TPSA) is 305 Å². The van der Waals surface area contributed by atoms with E-state index < -0.39 is 48.5 Å². The molecule has 2 rings (SSSR count). The highest BCUT2D eigenvalue weighted by atomic mass is 31.3. The molecule has 9 N–H and O–H groups in total. The van der Waals surface area contributed by atoms with Crippen molar-refractivity contribution in [2.75, 3.05) is 13.2 Å². The lowest BCUT2D eigenvalue weighted by molar-refractivity contribution is -0.547. The van der Waals surface area contributed by atoms with Gasteiger partial charge < -0.3 is 44.7 Å². The number of nitrogens with two attached hydrogens (primary N) is 1. The number of hydrogen-bond acceptors (Lipinski definition) is 16. The Labute approximate surface area is 167 Å². The lowest BCUT2D eigenvalue weighted by Crippen LogP contribution is -2.87. The first-order valence-electron chi connectivity index (χ1n) is 7.57. The SMILES string of the molecule is NC1=[NH+]C(O)C2=C(NCC(C(O)C(O)COP(=O)([O-])OP(=O)([O-])OP(=O)([O-])O)=N2)N1. The van der Waals surface area contributed by atoms with Crippen LogP contribution >= 0.6 is 23.5 Å². The van der Waals surface area contributed by atoms with Gasteiger partial charge in [-0.1, -0.05) is 0 Å². The quantitative estimate of drug-likeness (QED) is 0.138. The molecule has 0 saturated heterocycles. The summed E-state index contributed by atoms with van der Waals surface area (Å²) in [6.07, 6.45) is -5.21. The van der Waals surface area contributed by atoms with Crippen molar-refractivity contribution in [3.63, 3.8) is 0 Å². The Bertz CT molecular complexity index is 914. The summed E-state index contributed by atoms with van der Waals surface area (Å²) in [5.74, 6) is 0.227. The van der Waals surface area contributed by atoms with Gasteiger partial charge in [0.25, 0.3) is 23.5 Å². The van der Waals surface area contributed by atoms with Crippen LogP contribution in [0.5, 0.6) is 0 Å². The predicted molar refractivity (Wildman–Crippen MR) is 86.9 cm³/mol. The number of aliphatic imine (C=N–C) groups is 1. The monoisotopic (exact) mass is 495 g/mol. The Kier molecular flexibility index (Phi) is 7.59. The molecule has 0 spiro atoms. The minimum absolute atomic E-state index is 0.0155. The normalized spacial score (nSPS) is 27.1. The number of nitrogens with one attached hydrogen (secondary N) is 3. The Hall–Kier alpha value is -1.23. The summed E-state index contributed by atoms with van der Waals surface area (Å²) in [6, 6.07) is 0. The molecule has 2 aliphatic rings. The van der Waals surface area contributed by atoms with E-state index >= 15 is 0 Å². The number of guanidine groups is 1. The van der Waals surface area contributed by atoms with E-state index in [-0.39, 0.29) is 29.7 Å². The summed E-state index contributed by atoms with van der Waals surface area (Å²) in [6.45, 7) is -1.42. The van der Waals surface area contributed by atoms with E-state index in [1.54, 1.807) is 0 Å². The second-order valence-electron chi connectivity index (χ2n) is 5.64. The van der Waals surface area contributed by atoms with E-state index in [2.05, 4.69) is 33.8 Å². The minimum Gasteiger partial charge on any atom is -0.756 e. The third kappa shape index (κ3) is 7.18. The van der Waals surface area contributed by atoms with Crippen LogP contribution in [0.1, 0.15) is 0 Å². The molecule has 0 aromatic rings. The number of phosphoric ester groups is 1. The maximum Gasteiger partial charge on any atom is 0.349 e. The smallest absolute Gasteiger partial charge is 0.349 e. The average molecular weight is 495 g/mol. The fourth-order valence-corrected chi connectivity index (χ4v) is 5.05. The van der Waals surface area contributed by atoms with Gasteiger partial charge in [0.05, 0.1) is 18.9 Å². The van der Waals surface area contributed by atoms with Crippen molar-refractivity contribution in [2.45, 2.75) is 18.4 Å². The Morgan fingerprint density at radius 1 is 1.23 bits per heavy atom.